The molecule has 2 heterocycles. The molecule has 1 amide bonds. The van der Waals surface area contributed by atoms with Crippen LogP contribution in [0.15, 0.2) is 0 Å². The lowest BCUT2D eigenvalue weighted by Crippen LogP contribution is -2.44. The van der Waals surface area contributed by atoms with Crippen molar-refractivity contribution in [1.82, 2.24) is 15.1 Å². The van der Waals surface area contributed by atoms with Gasteiger partial charge in [0.2, 0.25) is 5.91 Å². The number of aromatic amines is 1. The molecule has 0 radical (unpaired) electrons. The number of aromatic nitrogens is 2. The van der Waals surface area contributed by atoms with E-state index in [-0.39, 0.29) is 18.2 Å². The summed E-state index contributed by atoms with van der Waals surface area (Å²) in [5, 5.41) is 16.5. The largest absolute Gasteiger partial charge is 0.480 e. The van der Waals surface area contributed by atoms with Gasteiger partial charge in [-0.05, 0) is 38.5 Å². The SMILES string of the molecule is Cc1n[nH]c(C)c1CC(=O)N1CC2CCCC2C1C(=O)O. The number of carboxylic acids is 1. The van der Waals surface area contributed by atoms with Crippen molar-refractivity contribution in [3.63, 3.8) is 0 Å². The highest BCUT2D eigenvalue weighted by molar-refractivity contribution is 5.86. The maximum atomic E-state index is 12.6. The van der Waals surface area contributed by atoms with Gasteiger partial charge in [-0.3, -0.25) is 9.89 Å². The minimum Gasteiger partial charge on any atom is -0.480 e. The lowest BCUT2D eigenvalue weighted by atomic mass is 9.94. The first-order valence-electron chi connectivity index (χ1n) is 7.51. The number of aliphatic carboxylic acids is 1. The summed E-state index contributed by atoms with van der Waals surface area (Å²) in [6.45, 7) is 4.34. The second kappa shape index (κ2) is 5.16. The van der Waals surface area contributed by atoms with Crippen molar-refractivity contribution in [3.8, 4) is 0 Å². The number of nitrogens with zero attached hydrogens (tertiary/aromatic N) is 2. The summed E-state index contributed by atoms with van der Waals surface area (Å²) >= 11 is 0. The molecule has 1 aromatic heterocycles. The van der Waals surface area contributed by atoms with Crippen molar-refractivity contribution in [3.05, 3.63) is 17.0 Å². The summed E-state index contributed by atoms with van der Waals surface area (Å²) in [7, 11) is 0. The van der Waals surface area contributed by atoms with Crippen molar-refractivity contribution in [2.24, 2.45) is 11.8 Å². The number of amides is 1. The van der Waals surface area contributed by atoms with Gasteiger partial charge in [-0.2, -0.15) is 5.10 Å². The summed E-state index contributed by atoms with van der Waals surface area (Å²) in [5.41, 5.74) is 2.58. The van der Waals surface area contributed by atoms with E-state index in [4.69, 9.17) is 0 Å². The molecule has 1 aromatic rings. The predicted molar refractivity (Wildman–Crippen MR) is 75.7 cm³/mol. The number of hydrogen-bond donors (Lipinski definition) is 2. The number of H-pyrrole nitrogens is 1. The number of fused-ring (bicyclic) bond motifs is 1. The highest BCUT2D eigenvalue weighted by Gasteiger charge is 2.49. The van der Waals surface area contributed by atoms with Gasteiger partial charge in [0.1, 0.15) is 6.04 Å². The van der Waals surface area contributed by atoms with E-state index in [0.717, 1.165) is 36.2 Å². The van der Waals surface area contributed by atoms with Gasteiger partial charge < -0.3 is 10.0 Å². The van der Waals surface area contributed by atoms with Crippen LogP contribution in [0.2, 0.25) is 0 Å². The van der Waals surface area contributed by atoms with Crippen LogP contribution in [0.25, 0.3) is 0 Å². The molecule has 3 atom stereocenters. The van der Waals surface area contributed by atoms with Crippen molar-refractivity contribution in [2.45, 2.75) is 45.6 Å². The molecule has 0 aromatic carbocycles. The lowest BCUT2D eigenvalue weighted by Gasteiger charge is -2.24. The van der Waals surface area contributed by atoms with Gasteiger partial charge in [-0.15, -0.1) is 0 Å². The quantitative estimate of drug-likeness (QED) is 0.878. The molecular formula is C15H21N3O3. The standard InChI is InChI=1S/C15H21N3O3/c1-8-12(9(2)17-16-8)6-13(19)18-7-10-4-3-5-11(10)14(18)15(20)21/h10-11,14H,3-7H2,1-2H3,(H,16,17)(H,20,21). The molecule has 0 bridgehead atoms. The van der Waals surface area contributed by atoms with Gasteiger partial charge in [-0.1, -0.05) is 6.42 Å². The molecule has 1 aliphatic heterocycles. The number of hydrogen-bond acceptors (Lipinski definition) is 3. The summed E-state index contributed by atoms with van der Waals surface area (Å²) < 4.78 is 0. The molecule has 114 valence electrons. The lowest BCUT2D eigenvalue weighted by molar-refractivity contribution is -0.149. The van der Waals surface area contributed by atoms with Crippen LogP contribution in [0.5, 0.6) is 0 Å². The molecule has 2 N–H and O–H groups in total. The maximum Gasteiger partial charge on any atom is 0.326 e. The Balaban J connectivity index is 1.79. The van der Waals surface area contributed by atoms with E-state index in [2.05, 4.69) is 10.2 Å². The Morgan fingerprint density at radius 1 is 1.38 bits per heavy atom. The minimum absolute atomic E-state index is 0.0931. The number of nitrogens with one attached hydrogen (secondary N) is 1. The maximum absolute atomic E-state index is 12.6. The number of carbonyl (C=O) groups is 2. The molecule has 6 nitrogen and oxygen atoms in total. The zero-order valence-corrected chi connectivity index (χ0v) is 12.4. The monoisotopic (exact) mass is 291 g/mol. The van der Waals surface area contributed by atoms with Gasteiger partial charge in [0.25, 0.3) is 0 Å². The molecule has 1 saturated heterocycles. The molecule has 2 aliphatic rings. The van der Waals surface area contributed by atoms with Crippen LogP contribution in [-0.2, 0) is 16.0 Å². The van der Waals surface area contributed by atoms with Crippen LogP contribution in [0.1, 0.15) is 36.2 Å². The smallest absolute Gasteiger partial charge is 0.326 e. The predicted octanol–water partition coefficient (Wildman–Crippen LogP) is 1.28. The van der Waals surface area contributed by atoms with Gasteiger partial charge >= 0.3 is 5.97 Å². The van der Waals surface area contributed by atoms with E-state index in [1.807, 2.05) is 13.8 Å². The third-order valence-electron chi connectivity index (χ3n) is 5.07. The first-order chi connectivity index (χ1) is 9.99. The van der Waals surface area contributed by atoms with Crippen LogP contribution in [0.3, 0.4) is 0 Å². The first-order valence-corrected chi connectivity index (χ1v) is 7.51. The Morgan fingerprint density at radius 2 is 2.14 bits per heavy atom. The summed E-state index contributed by atoms with van der Waals surface area (Å²) in [6, 6.07) is -0.641. The van der Waals surface area contributed by atoms with E-state index in [1.54, 1.807) is 4.90 Å². The highest BCUT2D eigenvalue weighted by atomic mass is 16.4. The second-order valence-corrected chi connectivity index (χ2v) is 6.27. The summed E-state index contributed by atoms with van der Waals surface area (Å²) in [4.78, 5) is 25.8. The van der Waals surface area contributed by atoms with Crippen LogP contribution in [0, 0.1) is 25.7 Å². The zero-order chi connectivity index (χ0) is 15.1. The summed E-state index contributed by atoms with van der Waals surface area (Å²) in [5.74, 6) is -0.456. The van der Waals surface area contributed by atoms with Crippen molar-refractivity contribution in [1.29, 1.82) is 0 Å². The van der Waals surface area contributed by atoms with Gasteiger partial charge in [-0.25, -0.2) is 4.79 Å². The number of carbonyl (C=O) groups excluding carboxylic acids is 1. The van der Waals surface area contributed by atoms with Crippen LogP contribution < -0.4 is 0 Å². The minimum atomic E-state index is -0.863. The van der Waals surface area contributed by atoms with Gasteiger partial charge in [0.05, 0.1) is 12.1 Å². The second-order valence-electron chi connectivity index (χ2n) is 6.27. The fourth-order valence-electron chi connectivity index (χ4n) is 3.97. The Hall–Kier alpha value is -1.85. The summed E-state index contributed by atoms with van der Waals surface area (Å²) in [6.07, 6.45) is 3.29. The molecular weight excluding hydrogens is 270 g/mol. The van der Waals surface area contributed by atoms with Crippen LogP contribution in [0.4, 0.5) is 0 Å². The number of rotatable bonds is 3. The average molecular weight is 291 g/mol. The topological polar surface area (TPSA) is 86.3 Å². The molecule has 6 heteroatoms. The van der Waals surface area contributed by atoms with Crippen molar-refractivity contribution >= 4 is 11.9 Å². The van der Waals surface area contributed by atoms with E-state index < -0.39 is 12.0 Å². The number of carboxylic acid groups (broad SMARTS) is 1. The van der Waals surface area contributed by atoms with E-state index in [9.17, 15) is 14.7 Å². The molecule has 0 spiro atoms. The Kier molecular flexibility index (Phi) is 3.47. The van der Waals surface area contributed by atoms with E-state index in [0.29, 0.717) is 12.5 Å². The normalized spacial score (nSPS) is 27.9. The third-order valence-corrected chi connectivity index (χ3v) is 5.07. The number of aryl methyl sites for hydroxylation is 2. The van der Waals surface area contributed by atoms with Gasteiger partial charge in [0, 0.05) is 17.8 Å². The Bertz CT molecular complexity index is 561. The Morgan fingerprint density at radius 3 is 2.76 bits per heavy atom. The van der Waals surface area contributed by atoms with Gasteiger partial charge in [0.15, 0.2) is 0 Å². The van der Waals surface area contributed by atoms with Crippen LogP contribution >= 0.6 is 0 Å². The molecule has 1 saturated carbocycles. The third kappa shape index (κ3) is 2.32. The van der Waals surface area contributed by atoms with E-state index in [1.165, 1.54) is 0 Å². The fraction of sp³-hybridized carbons (Fsp3) is 0.667. The molecule has 3 rings (SSSR count). The molecule has 21 heavy (non-hydrogen) atoms. The molecule has 1 aliphatic carbocycles. The molecule has 2 fully saturated rings. The van der Waals surface area contributed by atoms with Crippen molar-refractivity contribution < 1.29 is 14.7 Å². The van der Waals surface area contributed by atoms with E-state index >= 15 is 0 Å². The number of likely N-dealkylation sites (tertiary alicyclic amines) is 1. The average Bonchev–Trinajstić information content (AvgIpc) is 3.07. The zero-order valence-electron chi connectivity index (χ0n) is 12.4. The van der Waals surface area contributed by atoms with Crippen LogP contribution in [-0.4, -0.2) is 44.7 Å². The highest BCUT2D eigenvalue weighted by Crippen LogP contribution is 2.42. The van der Waals surface area contributed by atoms with Crippen molar-refractivity contribution in [2.75, 3.05) is 6.54 Å². The Labute approximate surface area is 123 Å². The first kappa shape index (κ1) is 14.1. The fourth-order valence-corrected chi connectivity index (χ4v) is 3.97. The molecule has 3 unspecified atom stereocenters.